The Kier molecular flexibility index (Phi) is 6.23. The summed E-state index contributed by atoms with van der Waals surface area (Å²) in [7, 11) is 2.20. The normalized spacial score (nSPS) is 15.7. The number of benzene rings is 1. The first-order valence-corrected chi connectivity index (χ1v) is 8.94. The van der Waals surface area contributed by atoms with E-state index in [9.17, 15) is 4.79 Å². The molecule has 0 saturated carbocycles. The molecule has 1 amide bonds. The standard InChI is InChI=1S/C16H23N3OS2/c1-12-8-13(2)10-14(9-12)17-15(20)11-22-16(21)19-6-4-18(3)5-7-19/h8-10H,4-7,11H2,1-3H3,(H,17,20)/p+1. The van der Waals surface area contributed by atoms with E-state index in [2.05, 4.69) is 23.3 Å². The SMILES string of the molecule is Cc1cc(C)cc(NC(=O)CSC(=S)N2CC[NH+](C)CC2)c1. The Morgan fingerprint density at radius 1 is 1.27 bits per heavy atom. The van der Waals surface area contributed by atoms with Crippen LogP contribution >= 0.6 is 24.0 Å². The van der Waals surface area contributed by atoms with Crippen LogP contribution in [0.4, 0.5) is 5.69 Å². The molecule has 2 rings (SSSR count). The predicted molar refractivity (Wildman–Crippen MR) is 97.8 cm³/mol. The number of nitrogens with zero attached hydrogens (tertiary/aromatic N) is 1. The average Bonchev–Trinajstić information content (AvgIpc) is 2.44. The summed E-state index contributed by atoms with van der Waals surface area (Å²) < 4.78 is 0.836. The summed E-state index contributed by atoms with van der Waals surface area (Å²) in [6, 6.07) is 6.06. The number of anilines is 1. The molecule has 0 aromatic heterocycles. The van der Waals surface area contributed by atoms with Crippen LogP contribution in [0.25, 0.3) is 0 Å². The molecule has 1 aromatic carbocycles. The molecule has 4 nitrogen and oxygen atoms in total. The number of likely N-dealkylation sites (N-methyl/N-ethyl adjacent to an activating group) is 1. The zero-order valence-electron chi connectivity index (χ0n) is 13.4. The van der Waals surface area contributed by atoms with Crippen molar-refractivity contribution in [2.45, 2.75) is 13.8 Å². The van der Waals surface area contributed by atoms with Gasteiger partial charge in [-0.05, 0) is 37.1 Å². The maximum atomic E-state index is 12.1. The van der Waals surface area contributed by atoms with E-state index in [-0.39, 0.29) is 5.91 Å². The zero-order chi connectivity index (χ0) is 16.1. The number of thiocarbonyl (C=S) groups is 1. The van der Waals surface area contributed by atoms with Crippen molar-refractivity contribution >= 4 is 39.9 Å². The van der Waals surface area contributed by atoms with E-state index in [4.69, 9.17) is 12.2 Å². The average molecular weight is 339 g/mol. The van der Waals surface area contributed by atoms with Gasteiger partial charge in [0.05, 0.1) is 39.0 Å². The molecule has 1 fully saturated rings. The van der Waals surface area contributed by atoms with E-state index in [0.29, 0.717) is 5.75 Å². The molecule has 0 spiro atoms. The van der Waals surface area contributed by atoms with Crippen LogP contribution in [0.3, 0.4) is 0 Å². The Morgan fingerprint density at radius 2 is 1.86 bits per heavy atom. The lowest BCUT2D eigenvalue weighted by molar-refractivity contribution is -0.883. The number of carbonyl (C=O) groups is 1. The third-order valence-corrected chi connectivity index (χ3v) is 5.23. The van der Waals surface area contributed by atoms with Crippen LogP contribution in [0.15, 0.2) is 18.2 Å². The van der Waals surface area contributed by atoms with Crippen molar-refractivity contribution in [3.63, 3.8) is 0 Å². The number of nitrogens with one attached hydrogen (secondary N) is 2. The molecule has 1 saturated heterocycles. The van der Waals surface area contributed by atoms with Gasteiger partial charge in [0.25, 0.3) is 0 Å². The van der Waals surface area contributed by atoms with Gasteiger partial charge in [0.1, 0.15) is 4.32 Å². The Labute approximate surface area is 142 Å². The molecule has 120 valence electrons. The number of aryl methyl sites for hydroxylation is 2. The van der Waals surface area contributed by atoms with Crippen LogP contribution in [-0.2, 0) is 4.79 Å². The number of hydrogen-bond donors (Lipinski definition) is 2. The molecule has 2 N–H and O–H groups in total. The van der Waals surface area contributed by atoms with Gasteiger partial charge >= 0.3 is 0 Å². The molecule has 0 radical (unpaired) electrons. The van der Waals surface area contributed by atoms with E-state index in [1.165, 1.54) is 16.7 Å². The zero-order valence-corrected chi connectivity index (χ0v) is 15.1. The van der Waals surface area contributed by atoms with Gasteiger partial charge in [0.2, 0.25) is 5.91 Å². The molecule has 1 heterocycles. The monoisotopic (exact) mass is 338 g/mol. The van der Waals surface area contributed by atoms with Crippen molar-refractivity contribution in [1.29, 1.82) is 0 Å². The number of piperazine rings is 1. The van der Waals surface area contributed by atoms with Crippen LogP contribution in [-0.4, -0.2) is 54.1 Å². The van der Waals surface area contributed by atoms with Gasteiger partial charge in [-0.2, -0.15) is 0 Å². The molecule has 1 aliphatic heterocycles. The minimum atomic E-state index is -0.00268. The summed E-state index contributed by atoms with van der Waals surface area (Å²) in [5.41, 5.74) is 3.16. The van der Waals surface area contributed by atoms with Crippen molar-refractivity contribution in [2.75, 3.05) is 44.3 Å². The van der Waals surface area contributed by atoms with Crippen molar-refractivity contribution < 1.29 is 9.69 Å². The smallest absolute Gasteiger partial charge is 0.234 e. The molecule has 1 aliphatic rings. The van der Waals surface area contributed by atoms with Gasteiger partial charge in [-0.3, -0.25) is 4.79 Å². The Hall–Kier alpha value is -1.11. The van der Waals surface area contributed by atoms with Gasteiger partial charge in [0, 0.05) is 5.69 Å². The summed E-state index contributed by atoms with van der Waals surface area (Å²) in [5, 5.41) is 2.95. The van der Waals surface area contributed by atoms with Crippen LogP contribution in [0, 0.1) is 13.8 Å². The van der Waals surface area contributed by atoms with Crippen molar-refractivity contribution in [3.8, 4) is 0 Å². The van der Waals surface area contributed by atoms with Crippen LogP contribution in [0.1, 0.15) is 11.1 Å². The van der Waals surface area contributed by atoms with Crippen LogP contribution in [0.2, 0.25) is 0 Å². The third kappa shape index (κ3) is 5.26. The van der Waals surface area contributed by atoms with Crippen LogP contribution < -0.4 is 10.2 Å². The lowest BCUT2D eigenvalue weighted by Crippen LogP contribution is -3.12. The Morgan fingerprint density at radius 3 is 2.45 bits per heavy atom. The van der Waals surface area contributed by atoms with Crippen molar-refractivity contribution in [2.24, 2.45) is 0 Å². The fourth-order valence-electron chi connectivity index (χ4n) is 2.53. The van der Waals surface area contributed by atoms with Crippen LogP contribution in [0.5, 0.6) is 0 Å². The number of quaternary nitrogens is 1. The number of carbonyl (C=O) groups excluding carboxylic acids is 1. The fourth-order valence-corrected chi connectivity index (χ4v) is 3.58. The minimum Gasteiger partial charge on any atom is -0.346 e. The predicted octanol–water partition coefficient (Wildman–Crippen LogP) is 1.09. The van der Waals surface area contributed by atoms with E-state index in [1.54, 1.807) is 0 Å². The maximum absolute atomic E-state index is 12.1. The number of thioether (sulfide) groups is 1. The summed E-state index contributed by atoms with van der Waals surface area (Å²) >= 11 is 6.89. The molecule has 0 aliphatic carbocycles. The van der Waals surface area contributed by atoms with Gasteiger partial charge in [-0.25, -0.2) is 0 Å². The highest BCUT2D eigenvalue weighted by atomic mass is 32.2. The van der Waals surface area contributed by atoms with E-state index in [0.717, 1.165) is 47.3 Å². The largest absolute Gasteiger partial charge is 0.346 e. The van der Waals surface area contributed by atoms with E-state index < -0.39 is 0 Å². The molecule has 6 heteroatoms. The fraction of sp³-hybridized carbons (Fsp3) is 0.500. The topological polar surface area (TPSA) is 36.8 Å². The van der Waals surface area contributed by atoms with Gasteiger partial charge in [0.15, 0.2) is 0 Å². The quantitative estimate of drug-likeness (QED) is 0.809. The number of hydrogen-bond acceptors (Lipinski definition) is 3. The molecule has 0 atom stereocenters. The minimum absolute atomic E-state index is 0.00268. The van der Waals surface area contributed by atoms with E-state index >= 15 is 0 Å². The lowest BCUT2D eigenvalue weighted by Gasteiger charge is -2.31. The number of rotatable bonds is 3. The second-order valence-electron chi connectivity index (χ2n) is 5.92. The van der Waals surface area contributed by atoms with Crippen molar-refractivity contribution in [1.82, 2.24) is 4.90 Å². The first-order valence-electron chi connectivity index (χ1n) is 7.55. The first-order chi connectivity index (χ1) is 10.4. The van der Waals surface area contributed by atoms with Crippen molar-refractivity contribution in [3.05, 3.63) is 29.3 Å². The summed E-state index contributed by atoms with van der Waals surface area (Å²) in [4.78, 5) is 15.8. The van der Waals surface area contributed by atoms with Gasteiger partial charge in [-0.15, -0.1) is 0 Å². The molecule has 0 unspecified atom stereocenters. The molecule has 1 aromatic rings. The highest BCUT2D eigenvalue weighted by Crippen LogP contribution is 2.15. The highest BCUT2D eigenvalue weighted by molar-refractivity contribution is 8.23. The second kappa shape index (κ2) is 7.94. The number of amides is 1. The lowest BCUT2D eigenvalue weighted by atomic mass is 10.1. The molecular formula is C16H24N3OS2+. The molecular weight excluding hydrogens is 314 g/mol. The second-order valence-corrected chi connectivity index (χ2v) is 7.53. The summed E-state index contributed by atoms with van der Waals surface area (Å²) in [6.07, 6.45) is 0. The summed E-state index contributed by atoms with van der Waals surface area (Å²) in [5.74, 6) is 0.363. The summed E-state index contributed by atoms with van der Waals surface area (Å²) in [6.45, 7) is 8.24. The van der Waals surface area contributed by atoms with Gasteiger partial charge in [-0.1, -0.05) is 30.0 Å². The Bertz CT molecular complexity index is 534. The molecule has 22 heavy (non-hydrogen) atoms. The Balaban J connectivity index is 1.78. The highest BCUT2D eigenvalue weighted by Gasteiger charge is 2.19. The maximum Gasteiger partial charge on any atom is 0.234 e. The first kappa shape index (κ1) is 17.2. The third-order valence-electron chi connectivity index (χ3n) is 3.71. The van der Waals surface area contributed by atoms with Gasteiger partial charge < -0.3 is 15.1 Å². The van der Waals surface area contributed by atoms with E-state index in [1.807, 2.05) is 26.0 Å². The molecule has 0 bridgehead atoms.